The van der Waals surface area contributed by atoms with Crippen LogP contribution < -0.4 is 0 Å². The van der Waals surface area contributed by atoms with E-state index in [0.29, 0.717) is 0 Å². The summed E-state index contributed by atoms with van der Waals surface area (Å²) in [4.78, 5) is 3.46. The molecule has 3 heteroatoms. The van der Waals surface area contributed by atoms with Crippen LogP contribution in [0.25, 0.3) is 0 Å². The van der Waals surface area contributed by atoms with Gasteiger partial charge in [0.2, 0.25) is 0 Å². The molecule has 4 aliphatic heterocycles. The Labute approximate surface area is 217 Å². The van der Waals surface area contributed by atoms with Crippen molar-refractivity contribution < 1.29 is 0 Å². The molecule has 0 amide bonds. The van der Waals surface area contributed by atoms with Crippen molar-refractivity contribution >= 4 is 13.4 Å². The molecule has 4 saturated carbocycles. The van der Waals surface area contributed by atoms with E-state index in [1.165, 1.54) is 12.8 Å². The van der Waals surface area contributed by atoms with Gasteiger partial charge in [-0.05, 0) is 59.8 Å². The maximum absolute atomic E-state index is 3.46. The molecule has 0 spiro atoms. The third-order valence-corrected chi connectivity index (χ3v) is 14.7. The molecule has 13 atom stereocenters. The molecular formula is C32H53B2N. The number of fused-ring (bicyclic) bond motifs is 7. The smallest absolute Gasteiger partial charge is 0.153 e. The van der Waals surface area contributed by atoms with E-state index < -0.39 is 0 Å². The molecule has 0 radical (unpaired) electrons. The number of nitrogens with zero attached hydrogens (tertiary/aromatic N) is 1. The second-order valence-corrected chi connectivity index (χ2v) is 15.3. The van der Waals surface area contributed by atoms with Crippen LogP contribution in [0.15, 0.2) is 0 Å². The van der Waals surface area contributed by atoms with Crippen molar-refractivity contribution in [1.29, 1.82) is 0 Å². The van der Waals surface area contributed by atoms with E-state index in [1.54, 1.807) is 96.3 Å². The monoisotopic (exact) mass is 473 g/mol. The maximum atomic E-state index is 3.46. The van der Waals surface area contributed by atoms with Gasteiger partial charge in [0.1, 0.15) is 0 Å². The fraction of sp³-hybridized carbons (Fsp3) is 1.00. The molecule has 0 bridgehead atoms. The summed E-state index contributed by atoms with van der Waals surface area (Å²) in [6.45, 7) is 7.34. The molecule has 192 valence electrons. The van der Waals surface area contributed by atoms with Crippen molar-refractivity contribution in [2.75, 3.05) is 0 Å². The Morgan fingerprint density at radius 1 is 0.600 bits per heavy atom. The van der Waals surface area contributed by atoms with E-state index in [0.717, 1.165) is 90.1 Å². The van der Waals surface area contributed by atoms with Gasteiger partial charge < -0.3 is 0 Å². The van der Waals surface area contributed by atoms with Crippen LogP contribution in [0.5, 0.6) is 0 Å². The van der Waals surface area contributed by atoms with Gasteiger partial charge >= 0.3 is 0 Å². The van der Waals surface area contributed by atoms with Crippen molar-refractivity contribution in [2.24, 2.45) is 23.7 Å². The lowest BCUT2D eigenvalue weighted by atomic mass is 9.17. The molecule has 0 N–H and O–H groups in total. The highest BCUT2D eigenvalue weighted by molar-refractivity contribution is 6.68. The van der Waals surface area contributed by atoms with E-state index in [4.69, 9.17) is 0 Å². The van der Waals surface area contributed by atoms with Crippen molar-refractivity contribution in [1.82, 2.24) is 4.90 Å². The van der Waals surface area contributed by atoms with E-state index in [1.807, 2.05) is 0 Å². The largest absolute Gasteiger partial charge is 0.296 e. The van der Waals surface area contributed by atoms with Crippen LogP contribution >= 0.6 is 0 Å². The molecule has 0 aromatic rings. The van der Waals surface area contributed by atoms with Gasteiger partial charge in [-0.25, -0.2) is 0 Å². The second-order valence-electron chi connectivity index (χ2n) is 15.3. The van der Waals surface area contributed by atoms with Gasteiger partial charge in [-0.1, -0.05) is 122 Å². The van der Waals surface area contributed by atoms with Crippen LogP contribution in [0.4, 0.5) is 0 Å². The Kier molecular flexibility index (Phi) is 5.79. The molecule has 1 nitrogen and oxygen atoms in total. The Morgan fingerprint density at radius 3 is 2.00 bits per heavy atom. The zero-order chi connectivity index (χ0) is 23.3. The number of hydrogen-bond acceptors (Lipinski definition) is 1. The molecular weight excluding hydrogens is 420 g/mol. The van der Waals surface area contributed by atoms with Gasteiger partial charge in [-0.3, -0.25) is 4.90 Å². The predicted octanol–water partition coefficient (Wildman–Crippen LogP) is 8.85. The molecule has 4 saturated heterocycles. The lowest BCUT2D eigenvalue weighted by Crippen LogP contribution is -2.70. The van der Waals surface area contributed by atoms with E-state index in [9.17, 15) is 0 Å². The summed E-state index contributed by atoms with van der Waals surface area (Å²) in [6, 6.07) is 3.00. The summed E-state index contributed by atoms with van der Waals surface area (Å²) in [5.41, 5.74) is 0. The van der Waals surface area contributed by atoms with Crippen molar-refractivity contribution in [3.05, 3.63) is 0 Å². The molecule has 8 rings (SSSR count). The second kappa shape index (κ2) is 8.81. The molecule has 4 aliphatic carbocycles. The van der Waals surface area contributed by atoms with Crippen LogP contribution in [-0.2, 0) is 0 Å². The standard InChI is InChI=1S/C32H53B2N/c1-3-11-20-22-13-8-18-28-30(22)33(24(20)4-2)26-16-10-17-27-32(26)35(28)29-19-9-14-23-21-12-6-5-7-15-25(21)34(27)31(23)29/h20-32H,3-19H2,1-2H3. The lowest BCUT2D eigenvalue weighted by molar-refractivity contribution is -0.0226. The zero-order valence-corrected chi connectivity index (χ0v) is 23.1. The minimum atomic E-state index is 0.992. The third kappa shape index (κ3) is 3.06. The molecule has 35 heavy (non-hydrogen) atoms. The third-order valence-electron chi connectivity index (χ3n) is 14.7. The fourth-order valence-corrected chi connectivity index (χ4v) is 14.6. The fourth-order valence-electron chi connectivity index (χ4n) is 14.6. The van der Waals surface area contributed by atoms with Crippen LogP contribution in [0.1, 0.15) is 123 Å². The van der Waals surface area contributed by atoms with Gasteiger partial charge in [-0.2, -0.15) is 0 Å². The first-order chi connectivity index (χ1) is 17.3. The molecule has 8 fully saturated rings. The average Bonchev–Trinajstić information content (AvgIpc) is 3.25. The van der Waals surface area contributed by atoms with E-state index >= 15 is 0 Å². The average molecular weight is 473 g/mol. The SMILES string of the molecule is CCCC1C(CC)B2C3CCCC4B5C6CCCCCC6C6CCCC(C56)N(C5CCCC1C25)C34. The maximum Gasteiger partial charge on any atom is 0.153 e. The predicted molar refractivity (Wildman–Crippen MR) is 151 cm³/mol. The van der Waals surface area contributed by atoms with Crippen molar-refractivity contribution in [3.63, 3.8) is 0 Å². The highest BCUT2D eigenvalue weighted by Gasteiger charge is 2.71. The normalized spacial score (nSPS) is 54.5. The quantitative estimate of drug-likeness (QED) is 0.370. The summed E-state index contributed by atoms with van der Waals surface area (Å²) in [5.74, 6) is 11.0. The van der Waals surface area contributed by atoms with Crippen LogP contribution in [0.2, 0.25) is 34.9 Å². The Balaban J connectivity index is 1.24. The van der Waals surface area contributed by atoms with Crippen LogP contribution in [0, 0.1) is 23.7 Å². The number of rotatable bonds is 3. The first kappa shape index (κ1) is 23.0. The van der Waals surface area contributed by atoms with E-state index in [-0.39, 0.29) is 0 Å². The van der Waals surface area contributed by atoms with Gasteiger partial charge in [0.05, 0.1) is 0 Å². The summed E-state index contributed by atoms with van der Waals surface area (Å²) in [6.07, 6.45) is 26.7. The summed E-state index contributed by atoms with van der Waals surface area (Å²) in [7, 11) is 0. The zero-order valence-electron chi connectivity index (χ0n) is 23.1. The Bertz CT molecular complexity index is 782. The highest BCUT2D eigenvalue weighted by Crippen LogP contribution is 2.73. The molecule has 8 aliphatic rings. The highest BCUT2D eigenvalue weighted by atomic mass is 15.3. The van der Waals surface area contributed by atoms with Crippen LogP contribution in [0.3, 0.4) is 0 Å². The molecule has 13 unspecified atom stereocenters. The topological polar surface area (TPSA) is 3.24 Å². The minimum Gasteiger partial charge on any atom is -0.296 e. The summed E-state index contributed by atoms with van der Waals surface area (Å²) < 4.78 is 0. The van der Waals surface area contributed by atoms with Gasteiger partial charge in [0.15, 0.2) is 13.4 Å². The molecule has 0 aromatic carbocycles. The van der Waals surface area contributed by atoms with Gasteiger partial charge in [0.25, 0.3) is 0 Å². The van der Waals surface area contributed by atoms with Crippen molar-refractivity contribution in [2.45, 2.75) is 176 Å². The van der Waals surface area contributed by atoms with Crippen molar-refractivity contribution in [3.8, 4) is 0 Å². The lowest BCUT2D eigenvalue weighted by Gasteiger charge is -2.67. The Morgan fingerprint density at radius 2 is 1.23 bits per heavy atom. The van der Waals surface area contributed by atoms with Gasteiger partial charge in [-0.15, -0.1) is 0 Å². The number of hydrogen-bond donors (Lipinski definition) is 0. The Hall–Kier alpha value is 0.0899. The minimum absolute atomic E-state index is 0.992. The molecule has 0 aromatic heterocycles. The first-order valence-electron chi connectivity index (χ1n) is 17.1. The van der Waals surface area contributed by atoms with E-state index in [2.05, 4.69) is 18.7 Å². The molecule has 4 heterocycles. The van der Waals surface area contributed by atoms with Crippen LogP contribution in [-0.4, -0.2) is 36.5 Å². The van der Waals surface area contributed by atoms with Gasteiger partial charge in [0, 0.05) is 18.1 Å². The summed E-state index contributed by atoms with van der Waals surface area (Å²) in [5, 5.41) is 0. The summed E-state index contributed by atoms with van der Waals surface area (Å²) >= 11 is 0. The first-order valence-corrected chi connectivity index (χ1v) is 17.1.